The van der Waals surface area contributed by atoms with Gasteiger partial charge in [0.1, 0.15) is 6.17 Å². The minimum absolute atomic E-state index is 0.239. The van der Waals surface area contributed by atoms with Gasteiger partial charge < -0.3 is 4.74 Å². The van der Waals surface area contributed by atoms with Crippen molar-refractivity contribution in [3.05, 3.63) is 0 Å². The Labute approximate surface area is 102 Å². The average Bonchev–Trinajstić information content (AvgIpc) is 2.26. The summed E-state index contributed by atoms with van der Waals surface area (Å²) in [5.74, 6) is 0.878. The van der Waals surface area contributed by atoms with Gasteiger partial charge in [-0.3, -0.25) is 9.80 Å². The molecule has 2 heterocycles. The molecule has 0 N–H and O–H groups in total. The molecule has 2 aliphatic heterocycles. The number of rotatable bonds is 4. The number of hydrogen-bond donors (Lipinski definition) is 1. The first-order valence-corrected chi connectivity index (χ1v) is 6.65. The van der Waals surface area contributed by atoms with Crippen LogP contribution in [0.2, 0.25) is 0 Å². The van der Waals surface area contributed by atoms with Gasteiger partial charge in [0, 0.05) is 44.5 Å². The van der Waals surface area contributed by atoms with Crippen LogP contribution in [0.15, 0.2) is 0 Å². The summed E-state index contributed by atoms with van der Waals surface area (Å²) in [4.78, 5) is 4.54. The zero-order valence-corrected chi connectivity index (χ0v) is 10.7. The Bertz CT molecular complexity index is 226. The molecule has 2 rings (SSSR count). The highest BCUT2D eigenvalue weighted by atomic mass is 32.1. The molecule has 0 aliphatic carbocycles. The van der Waals surface area contributed by atoms with Gasteiger partial charge in [0.25, 0.3) is 0 Å². The smallest absolute Gasteiger partial charge is 0.125 e. The molecule has 0 aromatic rings. The lowest BCUT2D eigenvalue weighted by Crippen LogP contribution is -2.56. The highest BCUT2D eigenvalue weighted by molar-refractivity contribution is 7.80. The highest BCUT2D eigenvalue weighted by Gasteiger charge is 2.31. The summed E-state index contributed by atoms with van der Waals surface area (Å²) >= 11 is 4.32. The third-order valence-corrected chi connectivity index (χ3v) is 3.96. The van der Waals surface area contributed by atoms with Crippen LogP contribution in [0.1, 0.15) is 6.92 Å². The molecule has 0 amide bonds. The molecule has 2 saturated heterocycles. The van der Waals surface area contributed by atoms with E-state index in [4.69, 9.17) is 4.74 Å². The van der Waals surface area contributed by atoms with Crippen molar-refractivity contribution in [1.82, 2.24) is 9.80 Å². The summed E-state index contributed by atoms with van der Waals surface area (Å²) in [6.07, 6.45) is -0.375. The highest BCUT2D eigenvalue weighted by Crippen LogP contribution is 2.16. The lowest BCUT2D eigenvalue weighted by Gasteiger charge is -2.41. The van der Waals surface area contributed by atoms with Crippen LogP contribution in [0.3, 0.4) is 0 Å². The summed E-state index contributed by atoms with van der Waals surface area (Å²) in [5, 5.41) is 0. The lowest BCUT2D eigenvalue weighted by atomic mass is 10.1. The second kappa shape index (κ2) is 5.67. The third-order valence-electron chi connectivity index (χ3n) is 3.43. The van der Waals surface area contributed by atoms with Crippen LogP contribution in [0.25, 0.3) is 0 Å². The molecule has 5 heteroatoms. The van der Waals surface area contributed by atoms with Crippen LogP contribution >= 0.6 is 12.6 Å². The van der Waals surface area contributed by atoms with E-state index in [1.54, 1.807) is 0 Å². The minimum atomic E-state index is -0.615. The van der Waals surface area contributed by atoms with Crippen molar-refractivity contribution in [3.63, 3.8) is 0 Å². The number of ether oxygens (including phenoxy) is 1. The summed E-state index contributed by atoms with van der Waals surface area (Å²) in [6.45, 7) is 6.96. The van der Waals surface area contributed by atoms with Crippen molar-refractivity contribution < 1.29 is 9.13 Å². The molecule has 94 valence electrons. The number of hydrogen-bond acceptors (Lipinski definition) is 4. The molecule has 0 aromatic heterocycles. The van der Waals surface area contributed by atoms with E-state index in [0.29, 0.717) is 19.1 Å². The third kappa shape index (κ3) is 3.09. The molecule has 0 bridgehead atoms. The fraction of sp³-hybridized carbons (Fsp3) is 1.00. The second-order valence-corrected chi connectivity index (χ2v) is 5.20. The first-order chi connectivity index (χ1) is 7.69. The molecule has 16 heavy (non-hydrogen) atoms. The summed E-state index contributed by atoms with van der Waals surface area (Å²) in [5.41, 5.74) is 0. The Hall–Kier alpha value is 0.160. The first-order valence-electron chi connectivity index (χ1n) is 6.02. The topological polar surface area (TPSA) is 15.7 Å². The predicted molar refractivity (Wildman–Crippen MR) is 66.0 cm³/mol. The molecule has 0 spiro atoms. The maximum atomic E-state index is 12.7. The van der Waals surface area contributed by atoms with Crippen LogP contribution in [0.4, 0.5) is 4.39 Å². The standard InChI is InChI=1S/C11H21FN2OS/c1-9(8-16)14-2-3-15-11(7-14)6-13-4-10(12)5-13/h9-11,16H,2-8H2,1H3/t9?,11-/m0/s1. The van der Waals surface area contributed by atoms with Crippen LogP contribution in [0.5, 0.6) is 0 Å². The van der Waals surface area contributed by atoms with E-state index in [0.717, 1.165) is 32.0 Å². The van der Waals surface area contributed by atoms with Gasteiger partial charge in [-0.15, -0.1) is 0 Å². The van der Waals surface area contributed by atoms with E-state index in [2.05, 4.69) is 29.4 Å². The molecule has 2 fully saturated rings. The normalized spacial score (nSPS) is 31.3. The van der Waals surface area contributed by atoms with Crippen molar-refractivity contribution >= 4 is 12.6 Å². The van der Waals surface area contributed by atoms with Gasteiger partial charge in [-0.2, -0.15) is 12.6 Å². The van der Waals surface area contributed by atoms with Gasteiger partial charge in [0.05, 0.1) is 12.7 Å². The van der Waals surface area contributed by atoms with Gasteiger partial charge in [-0.1, -0.05) is 0 Å². The zero-order chi connectivity index (χ0) is 11.5. The zero-order valence-electron chi connectivity index (χ0n) is 9.81. The molecule has 1 unspecified atom stereocenters. The molecule has 2 atom stereocenters. The van der Waals surface area contributed by atoms with Crippen molar-refractivity contribution in [2.45, 2.75) is 25.2 Å². The monoisotopic (exact) mass is 248 g/mol. The number of morpholine rings is 1. The fourth-order valence-corrected chi connectivity index (χ4v) is 2.54. The van der Waals surface area contributed by atoms with Crippen LogP contribution in [-0.2, 0) is 4.74 Å². The summed E-state index contributed by atoms with van der Waals surface area (Å²) < 4.78 is 18.4. The molecule has 3 nitrogen and oxygen atoms in total. The van der Waals surface area contributed by atoms with Gasteiger partial charge >= 0.3 is 0 Å². The first kappa shape index (κ1) is 12.6. The van der Waals surface area contributed by atoms with Crippen LogP contribution in [-0.4, -0.2) is 73.2 Å². The number of nitrogens with zero attached hydrogens (tertiary/aromatic N) is 2. The molecule has 0 radical (unpaired) electrons. The van der Waals surface area contributed by atoms with Crippen LogP contribution < -0.4 is 0 Å². The number of likely N-dealkylation sites (tertiary alicyclic amines) is 1. The SMILES string of the molecule is CC(CS)N1CCO[C@@H](CN2CC(F)C2)C1. The maximum Gasteiger partial charge on any atom is 0.125 e. The van der Waals surface area contributed by atoms with Gasteiger partial charge in [0.2, 0.25) is 0 Å². The van der Waals surface area contributed by atoms with E-state index < -0.39 is 6.17 Å². The largest absolute Gasteiger partial charge is 0.374 e. The molecular weight excluding hydrogens is 227 g/mol. The number of halogens is 1. The quantitative estimate of drug-likeness (QED) is 0.736. The molecular formula is C11H21FN2OS. The Morgan fingerprint density at radius 1 is 1.44 bits per heavy atom. The van der Waals surface area contributed by atoms with Gasteiger partial charge in [-0.05, 0) is 6.92 Å². The Morgan fingerprint density at radius 3 is 2.81 bits per heavy atom. The molecule has 2 aliphatic rings. The van der Waals surface area contributed by atoms with E-state index >= 15 is 0 Å². The second-order valence-electron chi connectivity index (χ2n) is 4.84. The van der Waals surface area contributed by atoms with E-state index in [9.17, 15) is 4.39 Å². The minimum Gasteiger partial charge on any atom is -0.374 e. The summed E-state index contributed by atoms with van der Waals surface area (Å²) in [7, 11) is 0. The van der Waals surface area contributed by atoms with E-state index in [-0.39, 0.29) is 6.10 Å². The fourth-order valence-electron chi connectivity index (χ4n) is 2.31. The van der Waals surface area contributed by atoms with Gasteiger partial charge in [0.15, 0.2) is 0 Å². The number of thiol groups is 1. The van der Waals surface area contributed by atoms with Crippen LogP contribution in [0, 0.1) is 0 Å². The van der Waals surface area contributed by atoms with Crippen molar-refractivity contribution in [2.24, 2.45) is 0 Å². The average molecular weight is 248 g/mol. The summed E-state index contributed by atoms with van der Waals surface area (Å²) in [6, 6.07) is 0.500. The van der Waals surface area contributed by atoms with E-state index in [1.807, 2.05) is 0 Å². The Balaban J connectivity index is 1.73. The predicted octanol–water partition coefficient (Wildman–Crippen LogP) is 0.659. The van der Waals surface area contributed by atoms with Crippen molar-refractivity contribution in [1.29, 1.82) is 0 Å². The Kier molecular flexibility index (Phi) is 4.47. The van der Waals surface area contributed by atoms with Crippen molar-refractivity contribution in [2.75, 3.05) is 45.1 Å². The molecule has 0 saturated carbocycles. The van der Waals surface area contributed by atoms with Crippen molar-refractivity contribution in [3.8, 4) is 0 Å². The maximum absolute atomic E-state index is 12.7. The lowest BCUT2D eigenvalue weighted by molar-refractivity contribution is -0.0681. The molecule has 0 aromatic carbocycles. The number of alkyl halides is 1. The van der Waals surface area contributed by atoms with E-state index in [1.165, 1.54) is 0 Å². The van der Waals surface area contributed by atoms with Gasteiger partial charge in [-0.25, -0.2) is 4.39 Å². The Morgan fingerprint density at radius 2 is 2.19 bits per heavy atom.